The third-order valence-corrected chi connectivity index (χ3v) is 2.96. The molecule has 0 radical (unpaired) electrons. The van der Waals surface area contributed by atoms with Crippen molar-refractivity contribution < 1.29 is 9.32 Å². The van der Waals surface area contributed by atoms with Gasteiger partial charge in [0, 0.05) is 12.6 Å². The molecule has 0 aromatic carbocycles. The van der Waals surface area contributed by atoms with Crippen molar-refractivity contribution in [1.82, 2.24) is 10.5 Å². The van der Waals surface area contributed by atoms with Crippen molar-refractivity contribution in [2.45, 2.75) is 25.1 Å². The zero-order valence-corrected chi connectivity index (χ0v) is 9.25. The fourth-order valence-electron chi connectivity index (χ4n) is 1.38. The molecule has 1 aromatic rings. The first kappa shape index (κ1) is 10.5. The molecule has 1 unspecified atom stereocenters. The molecule has 0 aliphatic heterocycles. The van der Waals surface area contributed by atoms with Gasteiger partial charge in [-0.15, -0.1) is 11.6 Å². The van der Waals surface area contributed by atoms with E-state index in [9.17, 15) is 4.79 Å². The molecule has 1 amide bonds. The second-order valence-corrected chi connectivity index (χ2v) is 4.45. The van der Waals surface area contributed by atoms with Crippen molar-refractivity contribution in [2.75, 3.05) is 6.54 Å². The summed E-state index contributed by atoms with van der Waals surface area (Å²) in [5, 5.41) is 6.41. The third-order valence-electron chi connectivity index (χ3n) is 2.45. The van der Waals surface area contributed by atoms with Gasteiger partial charge in [0.25, 0.3) is 5.91 Å². The van der Waals surface area contributed by atoms with E-state index >= 15 is 0 Å². The number of aryl methyl sites for hydroxylation is 1. The highest BCUT2D eigenvalue weighted by Gasteiger charge is 2.29. The van der Waals surface area contributed by atoms with Gasteiger partial charge in [0.15, 0.2) is 5.69 Å². The van der Waals surface area contributed by atoms with E-state index in [1.807, 2.05) is 0 Å². The first-order valence-corrected chi connectivity index (χ1v) is 5.46. The Balaban J connectivity index is 1.81. The van der Waals surface area contributed by atoms with Crippen LogP contribution in [0.25, 0.3) is 0 Å². The van der Waals surface area contributed by atoms with Crippen molar-refractivity contribution in [2.24, 2.45) is 5.92 Å². The van der Waals surface area contributed by atoms with Crippen molar-refractivity contribution in [3.05, 3.63) is 17.5 Å². The van der Waals surface area contributed by atoms with Gasteiger partial charge in [-0.3, -0.25) is 4.79 Å². The molecule has 82 valence electrons. The summed E-state index contributed by atoms with van der Waals surface area (Å²) >= 11 is 6.06. The van der Waals surface area contributed by atoms with E-state index in [0.29, 0.717) is 23.9 Å². The summed E-state index contributed by atoms with van der Waals surface area (Å²) in [6, 6.07) is 1.61. The third kappa shape index (κ3) is 2.72. The summed E-state index contributed by atoms with van der Waals surface area (Å²) in [6.07, 6.45) is 2.35. The summed E-state index contributed by atoms with van der Waals surface area (Å²) in [7, 11) is 0. The Labute approximate surface area is 93.0 Å². The van der Waals surface area contributed by atoms with Crippen LogP contribution < -0.4 is 5.32 Å². The fraction of sp³-hybridized carbons (Fsp3) is 0.600. The molecule has 1 aromatic heterocycles. The molecular formula is C10H13ClN2O2. The van der Waals surface area contributed by atoms with E-state index in [1.165, 1.54) is 12.8 Å². The molecule has 0 spiro atoms. The van der Waals surface area contributed by atoms with Crippen LogP contribution in [-0.2, 0) is 0 Å². The lowest BCUT2D eigenvalue weighted by Gasteiger charge is -2.07. The summed E-state index contributed by atoms with van der Waals surface area (Å²) < 4.78 is 4.81. The van der Waals surface area contributed by atoms with Gasteiger partial charge in [0.1, 0.15) is 5.76 Å². The lowest BCUT2D eigenvalue weighted by molar-refractivity contribution is 0.0944. The van der Waals surface area contributed by atoms with Crippen LogP contribution in [0.5, 0.6) is 0 Å². The van der Waals surface area contributed by atoms with E-state index < -0.39 is 0 Å². The number of alkyl halides is 1. The monoisotopic (exact) mass is 228 g/mol. The Morgan fingerprint density at radius 1 is 1.80 bits per heavy atom. The van der Waals surface area contributed by atoms with Crippen LogP contribution in [-0.4, -0.2) is 23.0 Å². The van der Waals surface area contributed by atoms with Gasteiger partial charge in [-0.1, -0.05) is 5.16 Å². The van der Waals surface area contributed by atoms with Gasteiger partial charge >= 0.3 is 0 Å². The molecule has 1 fully saturated rings. The minimum absolute atomic E-state index is 0.0435. The molecule has 1 N–H and O–H groups in total. The number of nitrogens with one attached hydrogen (secondary N) is 1. The maximum Gasteiger partial charge on any atom is 0.273 e. The summed E-state index contributed by atoms with van der Waals surface area (Å²) in [6.45, 7) is 2.25. The highest BCUT2D eigenvalue weighted by atomic mass is 35.5. The molecule has 1 aliphatic carbocycles. The molecule has 15 heavy (non-hydrogen) atoms. The van der Waals surface area contributed by atoms with E-state index in [-0.39, 0.29) is 11.3 Å². The number of nitrogens with zero attached hydrogens (tertiary/aromatic N) is 1. The van der Waals surface area contributed by atoms with Crippen LogP contribution in [0.4, 0.5) is 0 Å². The normalized spacial score (nSPS) is 17.5. The number of carbonyl (C=O) groups excluding carboxylic acids is 1. The standard InChI is InChI=1S/C10H13ClN2O2/c1-6-4-9(13-15-6)10(14)12-5-8(11)7-2-3-7/h4,7-8H,2-3,5H2,1H3,(H,12,14). The quantitative estimate of drug-likeness (QED) is 0.799. The molecule has 0 bridgehead atoms. The summed E-state index contributed by atoms with van der Waals surface area (Å²) in [4.78, 5) is 11.5. The molecule has 0 saturated heterocycles. The number of halogens is 1. The first-order valence-electron chi connectivity index (χ1n) is 5.02. The number of hydrogen-bond donors (Lipinski definition) is 1. The van der Waals surface area contributed by atoms with Crippen molar-refractivity contribution in [1.29, 1.82) is 0 Å². The van der Waals surface area contributed by atoms with E-state index in [4.69, 9.17) is 16.1 Å². The first-order chi connectivity index (χ1) is 7.16. The number of carbonyl (C=O) groups is 1. The zero-order valence-electron chi connectivity index (χ0n) is 8.50. The van der Waals surface area contributed by atoms with E-state index in [0.717, 1.165) is 0 Å². The molecule has 1 saturated carbocycles. The molecule has 1 atom stereocenters. The Morgan fingerprint density at radius 2 is 2.53 bits per heavy atom. The van der Waals surface area contributed by atoms with Crippen molar-refractivity contribution >= 4 is 17.5 Å². The Bertz CT molecular complexity index is 360. The van der Waals surface area contributed by atoms with Crippen LogP contribution in [0, 0.1) is 12.8 Å². The Morgan fingerprint density at radius 3 is 3.07 bits per heavy atom. The molecular weight excluding hydrogens is 216 g/mol. The highest BCUT2D eigenvalue weighted by Crippen LogP contribution is 2.35. The average molecular weight is 229 g/mol. The van der Waals surface area contributed by atoms with Crippen molar-refractivity contribution in [3.63, 3.8) is 0 Å². The van der Waals surface area contributed by atoms with E-state index in [1.54, 1.807) is 13.0 Å². The van der Waals surface area contributed by atoms with Crippen LogP contribution in [0.2, 0.25) is 0 Å². The van der Waals surface area contributed by atoms with Crippen LogP contribution in [0.1, 0.15) is 29.1 Å². The molecule has 1 heterocycles. The smallest absolute Gasteiger partial charge is 0.273 e. The number of hydrogen-bond acceptors (Lipinski definition) is 3. The summed E-state index contributed by atoms with van der Waals surface area (Å²) in [5.74, 6) is 0.980. The predicted octanol–water partition coefficient (Wildman–Crippen LogP) is 1.73. The Hall–Kier alpha value is -1.03. The van der Waals surface area contributed by atoms with Gasteiger partial charge in [-0.2, -0.15) is 0 Å². The second kappa shape index (κ2) is 4.23. The van der Waals surface area contributed by atoms with E-state index in [2.05, 4.69) is 10.5 Å². The maximum absolute atomic E-state index is 11.5. The minimum atomic E-state index is -0.224. The zero-order chi connectivity index (χ0) is 10.8. The predicted molar refractivity (Wildman–Crippen MR) is 55.9 cm³/mol. The van der Waals surface area contributed by atoms with Gasteiger partial charge < -0.3 is 9.84 Å². The lowest BCUT2D eigenvalue weighted by Crippen LogP contribution is -2.30. The number of aromatic nitrogens is 1. The molecule has 5 heteroatoms. The maximum atomic E-state index is 11.5. The van der Waals surface area contributed by atoms with Gasteiger partial charge in [0.05, 0.1) is 5.38 Å². The summed E-state index contributed by atoms with van der Waals surface area (Å²) in [5.41, 5.74) is 0.312. The highest BCUT2D eigenvalue weighted by molar-refractivity contribution is 6.21. The van der Waals surface area contributed by atoms with Crippen LogP contribution in [0.15, 0.2) is 10.6 Å². The number of amides is 1. The molecule has 4 nitrogen and oxygen atoms in total. The van der Waals surface area contributed by atoms with Gasteiger partial charge in [-0.25, -0.2) is 0 Å². The van der Waals surface area contributed by atoms with Gasteiger partial charge in [-0.05, 0) is 25.7 Å². The SMILES string of the molecule is Cc1cc(C(=O)NCC(Cl)C2CC2)no1. The lowest BCUT2D eigenvalue weighted by atomic mass is 10.3. The van der Waals surface area contributed by atoms with Crippen LogP contribution >= 0.6 is 11.6 Å². The minimum Gasteiger partial charge on any atom is -0.361 e. The van der Waals surface area contributed by atoms with Gasteiger partial charge in [0.2, 0.25) is 0 Å². The Kier molecular flexibility index (Phi) is 2.95. The molecule has 1 aliphatic rings. The van der Waals surface area contributed by atoms with Crippen molar-refractivity contribution in [3.8, 4) is 0 Å². The average Bonchev–Trinajstić information content (AvgIpc) is 2.97. The fourth-order valence-corrected chi connectivity index (χ4v) is 1.71. The van der Waals surface area contributed by atoms with Crippen LogP contribution in [0.3, 0.4) is 0 Å². The number of rotatable bonds is 4. The molecule has 2 rings (SSSR count). The largest absolute Gasteiger partial charge is 0.361 e. The second-order valence-electron chi connectivity index (χ2n) is 3.89. The topological polar surface area (TPSA) is 55.1 Å².